The van der Waals surface area contributed by atoms with Gasteiger partial charge in [-0.25, -0.2) is 13.1 Å². The van der Waals surface area contributed by atoms with Crippen LogP contribution < -0.4 is 14.8 Å². The van der Waals surface area contributed by atoms with E-state index in [0.717, 1.165) is 29.5 Å². The summed E-state index contributed by atoms with van der Waals surface area (Å²) in [5.74, 6) is 0.309. The van der Waals surface area contributed by atoms with Gasteiger partial charge in [0.1, 0.15) is 11.8 Å². The number of nitrogens with one attached hydrogen (secondary N) is 2. The molecule has 1 saturated heterocycles. The van der Waals surface area contributed by atoms with E-state index in [9.17, 15) is 18.0 Å². The second-order valence-corrected chi connectivity index (χ2v) is 12.4. The largest absolute Gasteiger partial charge is 0.497 e. The molecule has 1 aliphatic heterocycles. The average Bonchev–Trinajstić information content (AvgIpc) is 3.55. The lowest BCUT2D eigenvalue weighted by Gasteiger charge is -2.32. The van der Waals surface area contributed by atoms with Gasteiger partial charge < -0.3 is 19.7 Å². The number of ether oxygens (including phenoxy) is 2. The minimum Gasteiger partial charge on any atom is -0.497 e. The molecule has 1 aliphatic rings. The van der Waals surface area contributed by atoms with Crippen LogP contribution in [0.3, 0.4) is 0 Å². The molecule has 10 heteroatoms. The van der Waals surface area contributed by atoms with E-state index in [-0.39, 0.29) is 35.8 Å². The Morgan fingerprint density at radius 3 is 2.30 bits per heavy atom. The van der Waals surface area contributed by atoms with E-state index in [1.807, 2.05) is 54.6 Å². The number of sulfonamides is 1. The third-order valence-corrected chi connectivity index (χ3v) is 9.07. The number of carbonyl (C=O) groups is 2. The lowest BCUT2D eigenvalue weighted by atomic mass is 10.0. The van der Waals surface area contributed by atoms with Crippen LogP contribution in [0.5, 0.6) is 5.75 Å². The molecule has 1 fully saturated rings. The van der Waals surface area contributed by atoms with Crippen LogP contribution in [0.15, 0.2) is 83.8 Å². The van der Waals surface area contributed by atoms with Gasteiger partial charge in [-0.2, -0.15) is 0 Å². The van der Waals surface area contributed by atoms with Crippen molar-refractivity contribution in [3.8, 4) is 5.75 Å². The average molecular weight is 608 g/mol. The Hall–Kier alpha value is -3.73. The van der Waals surface area contributed by atoms with Crippen LogP contribution in [0.1, 0.15) is 42.9 Å². The van der Waals surface area contributed by atoms with Gasteiger partial charge in [-0.1, -0.05) is 61.5 Å². The summed E-state index contributed by atoms with van der Waals surface area (Å²) in [6.07, 6.45) is 2.75. The van der Waals surface area contributed by atoms with E-state index in [4.69, 9.17) is 9.47 Å². The standard InChI is InChI=1S/C33H41N3O6S/c1-3-35-43(39,40)30-18-13-25(14-19-30)15-20-32(37)36(24-27-11-16-28(41-2)17-12-27)31(22-26-8-5-4-6-9-26)33(38)34-23-29-10-7-21-42-29/h4-6,8-9,11-14,16-19,29,31,35H,3,7,10,15,20-24H2,1-2H3,(H,34,38)/t29-,31+/m1/s1. The third-order valence-electron chi connectivity index (χ3n) is 7.51. The predicted molar refractivity (Wildman–Crippen MR) is 165 cm³/mol. The summed E-state index contributed by atoms with van der Waals surface area (Å²) < 4.78 is 38.1. The fourth-order valence-electron chi connectivity index (χ4n) is 5.12. The van der Waals surface area contributed by atoms with Crippen molar-refractivity contribution >= 4 is 21.8 Å². The molecular weight excluding hydrogens is 566 g/mol. The summed E-state index contributed by atoms with van der Waals surface area (Å²) >= 11 is 0. The fourth-order valence-corrected chi connectivity index (χ4v) is 6.16. The maximum absolute atomic E-state index is 13.9. The van der Waals surface area contributed by atoms with E-state index in [0.29, 0.717) is 38.3 Å². The Kier molecular flexibility index (Phi) is 11.7. The first kappa shape index (κ1) is 32.2. The van der Waals surface area contributed by atoms with Gasteiger partial charge in [0.2, 0.25) is 21.8 Å². The molecule has 2 atom stereocenters. The molecule has 0 aliphatic carbocycles. The highest BCUT2D eigenvalue weighted by Gasteiger charge is 2.31. The van der Waals surface area contributed by atoms with E-state index < -0.39 is 16.1 Å². The van der Waals surface area contributed by atoms with Crippen molar-refractivity contribution < 1.29 is 27.5 Å². The molecule has 4 rings (SSSR count). The number of amides is 2. The Morgan fingerprint density at radius 1 is 0.977 bits per heavy atom. The molecule has 9 nitrogen and oxygen atoms in total. The zero-order valence-electron chi connectivity index (χ0n) is 24.8. The van der Waals surface area contributed by atoms with Gasteiger partial charge in [-0.15, -0.1) is 0 Å². The van der Waals surface area contributed by atoms with Crippen molar-refractivity contribution in [2.75, 3.05) is 26.8 Å². The molecule has 3 aromatic rings. The Morgan fingerprint density at radius 2 is 1.67 bits per heavy atom. The van der Waals surface area contributed by atoms with Crippen LogP contribution in [-0.4, -0.2) is 64.1 Å². The van der Waals surface area contributed by atoms with Crippen LogP contribution in [0.4, 0.5) is 0 Å². The molecule has 0 radical (unpaired) electrons. The molecule has 2 amide bonds. The van der Waals surface area contributed by atoms with Gasteiger partial charge in [0, 0.05) is 39.1 Å². The minimum absolute atomic E-state index is 0.0219. The maximum atomic E-state index is 13.9. The van der Waals surface area contributed by atoms with E-state index >= 15 is 0 Å². The summed E-state index contributed by atoms with van der Waals surface area (Å²) in [5, 5.41) is 3.05. The summed E-state index contributed by atoms with van der Waals surface area (Å²) in [6, 6.07) is 22.9. The minimum atomic E-state index is -3.56. The molecular formula is C33H41N3O6S. The smallest absolute Gasteiger partial charge is 0.243 e. The monoisotopic (exact) mass is 607 g/mol. The highest BCUT2D eigenvalue weighted by molar-refractivity contribution is 7.89. The fraction of sp³-hybridized carbons (Fsp3) is 0.394. The Labute approximate surface area is 254 Å². The van der Waals surface area contributed by atoms with Crippen molar-refractivity contribution in [2.24, 2.45) is 0 Å². The predicted octanol–water partition coefficient (Wildman–Crippen LogP) is 3.86. The number of carbonyl (C=O) groups excluding carboxylic acids is 2. The summed E-state index contributed by atoms with van der Waals surface area (Å²) in [4.78, 5) is 29.5. The lowest BCUT2D eigenvalue weighted by Crippen LogP contribution is -2.51. The summed E-state index contributed by atoms with van der Waals surface area (Å²) in [6.45, 7) is 3.36. The van der Waals surface area contributed by atoms with Crippen molar-refractivity contribution in [1.29, 1.82) is 0 Å². The van der Waals surface area contributed by atoms with Crippen LogP contribution in [0.2, 0.25) is 0 Å². The second-order valence-electron chi connectivity index (χ2n) is 10.6. The molecule has 0 aromatic heterocycles. The first-order valence-corrected chi connectivity index (χ1v) is 16.2. The molecule has 0 unspecified atom stereocenters. The number of methoxy groups -OCH3 is 1. The molecule has 0 saturated carbocycles. The van der Waals surface area contributed by atoms with Gasteiger partial charge in [0.25, 0.3) is 0 Å². The number of benzene rings is 3. The zero-order chi connectivity index (χ0) is 30.7. The van der Waals surface area contributed by atoms with Crippen LogP contribution >= 0.6 is 0 Å². The van der Waals surface area contributed by atoms with E-state index in [2.05, 4.69) is 10.0 Å². The second kappa shape index (κ2) is 15.7. The number of nitrogens with zero attached hydrogens (tertiary/aromatic N) is 1. The first-order valence-electron chi connectivity index (χ1n) is 14.7. The first-order chi connectivity index (χ1) is 20.8. The van der Waals surface area contributed by atoms with E-state index in [1.165, 1.54) is 0 Å². The molecule has 2 N–H and O–H groups in total. The summed E-state index contributed by atoms with van der Waals surface area (Å²) in [7, 11) is -1.96. The van der Waals surface area contributed by atoms with Gasteiger partial charge in [-0.3, -0.25) is 9.59 Å². The van der Waals surface area contributed by atoms with Crippen LogP contribution in [0.25, 0.3) is 0 Å². The van der Waals surface area contributed by atoms with Crippen molar-refractivity contribution in [1.82, 2.24) is 14.9 Å². The van der Waals surface area contributed by atoms with Gasteiger partial charge in [0.15, 0.2) is 0 Å². The normalized spacial score (nSPS) is 15.5. The Bertz CT molecular complexity index is 1420. The summed E-state index contributed by atoms with van der Waals surface area (Å²) in [5.41, 5.74) is 2.65. The van der Waals surface area contributed by atoms with Gasteiger partial charge in [-0.05, 0) is 60.2 Å². The van der Waals surface area contributed by atoms with Gasteiger partial charge in [0.05, 0.1) is 18.1 Å². The van der Waals surface area contributed by atoms with E-state index in [1.54, 1.807) is 43.2 Å². The SMILES string of the molecule is CCNS(=O)(=O)c1ccc(CCC(=O)N(Cc2ccc(OC)cc2)[C@@H](Cc2ccccc2)C(=O)NC[C@H]2CCCO2)cc1. The number of hydrogen-bond acceptors (Lipinski definition) is 6. The molecule has 230 valence electrons. The molecule has 0 spiro atoms. The number of hydrogen-bond donors (Lipinski definition) is 2. The van der Waals surface area contributed by atoms with Crippen molar-refractivity contribution in [3.05, 3.63) is 95.6 Å². The van der Waals surface area contributed by atoms with Crippen LogP contribution in [-0.2, 0) is 43.7 Å². The quantitative estimate of drug-likeness (QED) is 0.271. The molecule has 0 bridgehead atoms. The van der Waals surface area contributed by atoms with Crippen molar-refractivity contribution in [2.45, 2.75) is 62.6 Å². The zero-order valence-corrected chi connectivity index (χ0v) is 25.6. The number of rotatable bonds is 15. The molecule has 43 heavy (non-hydrogen) atoms. The maximum Gasteiger partial charge on any atom is 0.243 e. The van der Waals surface area contributed by atoms with Crippen LogP contribution in [0, 0.1) is 0 Å². The number of aryl methyl sites for hydroxylation is 1. The Balaban J connectivity index is 1.56. The highest BCUT2D eigenvalue weighted by atomic mass is 32.2. The topological polar surface area (TPSA) is 114 Å². The van der Waals surface area contributed by atoms with Crippen molar-refractivity contribution in [3.63, 3.8) is 0 Å². The van der Waals surface area contributed by atoms with Gasteiger partial charge >= 0.3 is 0 Å². The highest BCUT2D eigenvalue weighted by Crippen LogP contribution is 2.20. The lowest BCUT2D eigenvalue weighted by molar-refractivity contribution is -0.141. The molecule has 3 aromatic carbocycles. The third kappa shape index (κ3) is 9.38. The molecule has 1 heterocycles.